The Kier molecular flexibility index (Phi) is 6.54. The second-order valence-electron chi connectivity index (χ2n) is 6.10. The number of carbonyl (C=O) groups excluding carboxylic acids is 1. The number of thiazole rings is 1. The number of carbonyl (C=O) groups is 1. The lowest BCUT2D eigenvalue weighted by Gasteiger charge is -2.18. The highest BCUT2D eigenvalue weighted by molar-refractivity contribution is 7.14. The van der Waals surface area contributed by atoms with Crippen molar-refractivity contribution in [2.45, 2.75) is 26.2 Å². The maximum Gasteiger partial charge on any atom is 0.325 e. The van der Waals surface area contributed by atoms with Crippen LogP contribution in [-0.4, -0.2) is 22.6 Å². The summed E-state index contributed by atoms with van der Waals surface area (Å²) < 4.78 is 19.9. The molecule has 0 atom stereocenters. The third-order valence-corrected chi connectivity index (χ3v) is 4.87. The number of pyridine rings is 1. The molecule has 0 unspecified atom stereocenters. The van der Waals surface area contributed by atoms with Gasteiger partial charge in [0.1, 0.15) is 0 Å². The molecule has 3 aromatic rings. The van der Waals surface area contributed by atoms with Crippen LogP contribution < -0.4 is 15.4 Å². The molecule has 0 aliphatic rings. The molecule has 0 bridgehead atoms. The summed E-state index contributed by atoms with van der Waals surface area (Å²) in [4.78, 5) is 21.7. The fraction of sp³-hybridized carbons (Fsp3) is 0.250. The minimum atomic E-state index is -0.747. The first kappa shape index (κ1) is 19.8. The van der Waals surface area contributed by atoms with Crippen LogP contribution in [-0.2, 0) is 0 Å². The molecule has 2 N–H and O–H groups in total. The van der Waals surface area contributed by atoms with Gasteiger partial charge in [0.15, 0.2) is 16.7 Å². The van der Waals surface area contributed by atoms with E-state index in [2.05, 4.69) is 16.9 Å². The van der Waals surface area contributed by atoms with Crippen molar-refractivity contribution in [3.8, 4) is 17.0 Å². The number of amides is 2. The number of hydrogen-bond acceptors (Lipinski definition) is 5. The van der Waals surface area contributed by atoms with Gasteiger partial charge in [0.05, 0.1) is 18.0 Å². The number of rotatable bonds is 8. The number of benzene rings is 1. The van der Waals surface area contributed by atoms with Crippen LogP contribution in [0.25, 0.3) is 11.3 Å². The van der Waals surface area contributed by atoms with Gasteiger partial charge >= 0.3 is 6.03 Å². The van der Waals surface area contributed by atoms with Crippen molar-refractivity contribution < 1.29 is 13.9 Å². The van der Waals surface area contributed by atoms with Crippen LogP contribution in [0.4, 0.5) is 20.0 Å². The molecule has 0 aliphatic carbocycles. The molecule has 8 heteroatoms. The largest absolute Gasteiger partial charge is 0.491 e. The van der Waals surface area contributed by atoms with Crippen LogP contribution >= 0.6 is 11.3 Å². The van der Waals surface area contributed by atoms with Crippen LogP contribution in [0.3, 0.4) is 0 Å². The number of urea groups is 1. The first-order valence-electron chi connectivity index (χ1n) is 8.98. The van der Waals surface area contributed by atoms with Gasteiger partial charge in [0.25, 0.3) is 0 Å². The van der Waals surface area contributed by atoms with E-state index in [0.29, 0.717) is 17.4 Å². The molecule has 0 aliphatic heterocycles. The Hall–Kier alpha value is -3.00. The van der Waals surface area contributed by atoms with Crippen LogP contribution in [0.5, 0.6) is 5.75 Å². The molecule has 2 aromatic heterocycles. The summed E-state index contributed by atoms with van der Waals surface area (Å²) in [5.41, 5.74) is 7.31. The minimum absolute atomic E-state index is 0.152. The zero-order chi connectivity index (χ0) is 19.9. The number of nitrogens with zero attached hydrogens (tertiary/aromatic N) is 3. The van der Waals surface area contributed by atoms with Gasteiger partial charge in [-0.25, -0.2) is 19.1 Å². The first-order chi connectivity index (χ1) is 13.6. The average molecular weight is 400 g/mol. The van der Waals surface area contributed by atoms with Crippen molar-refractivity contribution in [1.82, 2.24) is 9.97 Å². The predicted molar refractivity (Wildman–Crippen MR) is 108 cm³/mol. The third-order valence-electron chi connectivity index (χ3n) is 4.04. The van der Waals surface area contributed by atoms with Gasteiger partial charge in [0.2, 0.25) is 0 Å². The van der Waals surface area contributed by atoms with E-state index >= 15 is 0 Å². The van der Waals surface area contributed by atoms with Crippen molar-refractivity contribution >= 4 is 28.2 Å². The number of unbranched alkanes of at least 4 members (excludes halogenated alkanes) is 2. The lowest BCUT2D eigenvalue weighted by Crippen LogP contribution is -2.31. The van der Waals surface area contributed by atoms with Crippen molar-refractivity contribution in [1.29, 1.82) is 0 Å². The van der Waals surface area contributed by atoms with Gasteiger partial charge in [-0.05, 0) is 30.7 Å². The number of primary amides is 1. The number of halogens is 1. The van der Waals surface area contributed by atoms with Crippen LogP contribution in [0.2, 0.25) is 0 Å². The molecule has 2 heterocycles. The molecule has 3 rings (SSSR count). The van der Waals surface area contributed by atoms with E-state index in [1.54, 1.807) is 29.9 Å². The van der Waals surface area contributed by atoms with E-state index in [9.17, 15) is 9.18 Å². The van der Waals surface area contributed by atoms with E-state index < -0.39 is 11.8 Å². The van der Waals surface area contributed by atoms with Crippen molar-refractivity contribution in [2.24, 2.45) is 5.73 Å². The molecule has 2 amide bonds. The highest BCUT2D eigenvalue weighted by Gasteiger charge is 2.21. The summed E-state index contributed by atoms with van der Waals surface area (Å²) in [7, 11) is 0. The third kappa shape index (κ3) is 4.64. The Bertz CT molecular complexity index is 933. The first-order valence-corrected chi connectivity index (χ1v) is 9.86. The van der Waals surface area contributed by atoms with Crippen molar-refractivity contribution in [3.63, 3.8) is 0 Å². The van der Waals surface area contributed by atoms with Gasteiger partial charge in [-0.15, -0.1) is 11.3 Å². The Morgan fingerprint density at radius 2 is 2.18 bits per heavy atom. The summed E-state index contributed by atoms with van der Waals surface area (Å²) in [5, 5.41) is 2.14. The Morgan fingerprint density at radius 1 is 1.32 bits per heavy atom. The summed E-state index contributed by atoms with van der Waals surface area (Å²) in [6.07, 6.45) is 6.30. The standard InChI is InChI=1S/C20H21FN4O2S/c1-2-3-4-10-27-18-8-7-15(11-16(18)21)25(19(22)26)20-24-17(13-28-20)14-6-5-9-23-12-14/h5-9,11-13H,2-4,10H2,1H3,(H2,22,26). The second-order valence-corrected chi connectivity index (χ2v) is 6.94. The zero-order valence-corrected chi connectivity index (χ0v) is 16.3. The van der Waals surface area contributed by atoms with Crippen LogP contribution in [0, 0.1) is 5.82 Å². The highest BCUT2D eigenvalue weighted by Crippen LogP contribution is 2.33. The van der Waals surface area contributed by atoms with Gasteiger partial charge in [-0.2, -0.15) is 0 Å². The fourth-order valence-electron chi connectivity index (χ4n) is 2.63. The minimum Gasteiger partial charge on any atom is -0.491 e. The number of aromatic nitrogens is 2. The molecule has 28 heavy (non-hydrogen) atoms. The molecule has 0 spiro atoms. The van der Waals surface area contributed by atoms with E-state index in [4.69, 9.17) is 10.5 Å². The number of anilines is 2. The summed E-state index contributed by atoms with van der Waals surface area (Å²) in [6, 6.07) is 7.24. The SMILES string of the molecule is CCCCCOc1ccc(N(C(N)=O)c2nc(-c3cccnc3)cs2)cc1F. The quantitative estimate of drug-likeness (QED) is 0.532. The number of nitrogens with two attached hydrogens (primary N) is 1. The topological polar surface area (TPSA) is 81.3 Å². The average Bonchev–Trinajstić information content (AvgIpc) is 3.17. The molecular formula is C20H21FN4O2S. The number of ether oxygens (including phenoxy) is 1. The van der Waals surface area contributed by atoms with Crippen LogP contribution in [0.1, 0.15) is 26.2 Å². The van der Waals surface area contributed by atoms with E-state index in [1.165, 1.54) is 28.4 Å². The van der Waals surface area contributed by atoms with Gasteiger partial charge in [0, 0.05) is 29.4 Å². The zero-order valence-electron chi connectivity index (χ0n) is 15.5. The molecular weight excluding hydrogens is 379 g/mol. The summed E-state index contributed by atoms with van der Waals surface area (Å²) >= 11 is 1.24. The van der Waals surface area contributed by atoms with Gasteiger partial charge < -0.3 is 10.5 Å². The van der Waals surface area contributed by atoms with Crippen molar-refractivity contribution in [2.75, 3.05) is 11.5 Å². The lowest BCUT2D eigenvalue weighted by molar-refractivity contribution is 0.256. The lowest BCUT2D eigenvalue weighted by atomic mass is 10.2. The maximum absolute atomic E-state index is 14.4. The Morgan fingerprint density at radius 3 is 2.86 bits per heavy atom. The van der Waals surface area contributed by atoms with E-state index in [-0.39, 0.29) is 11.4 Å². The van der Waals surface area contributed by atoms with Gasteiger partial charge in [-0.3, -0.25) is 4.98 Å². The monoisotopic (exact) mass is 400 g/mol. The molecule has 6 nitrogen and oxygen atoms in total. The molecule has 0 saturated heterocycles. The van der Waals surface area contributed by atoms with E-state index in [1.807, 2.05) is 6.07 Å². The Labute approximate surface area is 166 Å². The normalized spacial score (nSPS) is 10.6. The van der Waals surface area contributed by atoms with Gasteiger partial charge in [-0.1, -0.05) is 19.8 Å². The summed E-state index contributed by atoms with van der Waals surface area (Å²) in [6.45, 7) is 2.54. The smallest absolute Gasteiger partial charge is 0.325 e. The Balaban J connectivity index is 1.82. The number of hydrogen-bond donors (Lipinski definition) is 1. The molecule has 0 saturated carbocycles. The van der Waals surface area contributed by atoms with Crippen LogP contribution in [0.15, 0.2) is 48.1 Å². The summed E-state index contributed by atoms with van der Waals surface area (Å²) in [5.74, 6) is -0.399. The maximum atomic E-state index is 14.4. The van der Waals surface area contributed by atoms with Crippen molar-refractivity contribution in [3.05, 3.63) is 53.9 Å². The molecule has 1 aromatic carbocycles. The molecule has 146 valence electrons. The molecule has 0 fully saturated rings. The fourth-order valence-corrected chi connectivity index (χ4v) is 3.48. The second kappa shape index (κ2) is 9.27. The van der Waals surface area contributed by atoms with E-state index in [0.717, 1.165) is 24.8 Å². The molecule has 0 radical (unpaired) electrons. The predicted octanol–water partition coefficient (Wildman–Crippen LogP) is 5.13. The highest BCUT2D eigenvalue weighted by atomic mass is 32.1.